The van der Waals surface area contributed by atoms with Gasteiger partial charge in [0.1, 0.15) is 0 Å². The summed E-state index contributed by atoms with van der Waals surface area (Å²) in [6.45, 7) is 4.57. The van der Waals surface area contributed by atoms with Crippen LogP contribution in [0.25, 0.3) is 11.4 Å². The first-order valence-electron chi connectivity index (χ1n) is 19.0. The number of benzene rings is 1. The maximum absolute atomic E-state index is 10.0. The van der Waals surface area contributed by atoms with Crippen LogP contribution in [0.3, 0.4) is 0 Å². The minimum Gasteiger partial charge on any atom is -0.236 e. The minimum atomic E-state index is -0.0801. The monoisotopic (exact) mass is 598 g/mol. The van der Waals surface area contributed by atoms with Crippen LogP contribution < -0.4 is 0 Å². The number of hydrogen-bond acceptors (Lipinski definition) is 3. The van der Waals surface area contributed by atoms with Crippen molar-refractivity contribution >= 4 is 0 Å². The molecule has 0 unspecified atom stereocenters. The standard InChI is InChI=1S/C41H63N3/c1-3-5-7-9-11-12-13-15-17-34-18-20-36(21-19-34)39-31-43-40(44-32-39)38-24-22-35(23-25-38)37-26-29-41(33-42,30-27-37)28-16-14-10-8-6-4-2/h22-25,31-32,34,36-37H,3-21,26-30H2,1-2H3/t34-,36-,37-,41-. The van der Waals surface area contributed by atoms with Gasteiger partial charge in [-0.3, -0.25) is 0 Å². The molecule has 2 fully saturated rings. The zero-order valence-electron chi connectivity index (χ0n) is 28.5. The molecule has 44 heavy (non-hydrogen) atoms. The second-order valence-corrected chi connectivity index (χ2v) is 14.6. The first-order valence-corrected chi connectivity index (χ1v) is 19.0. The van der Waals surface area contributed by atoms with E-state index < -0.39 is 0 Å². The molecule has 0 saturated heterocycles. The quantitative estimate of drug-likeness (QED) is 0.151. The molecule has 2 aliphatic rings. The molecule has 1 aromatic heterocycles. The fourth-order valence-corrected chi connectivity index (χ4v) is 8.12. The Morgan fingerprint density at radius 2 is 1.16 bits per heavy atom. The molecule has 3 nitrogen and oxygen atoms in total. The zero-order chi connectivity index (χ0) is 30.9. The van der Waals surface area contributed by atoms with Crippen molar-refractivity contribution < 1.29 is 0 Å². The van der Waals surface area contributed by atoms with Crippen molar-refractivity contribution in [1.82, 2.24) is 9.97 Å². The van der Waals surface area contributed by atoms with E-state index in [0.717, 1.165) is 49.4 Å². The van der Waals surface area contributed by atoms with Gasteiger partial charge in [-0.1, -0.05) is 134 Å². The van der Waals surface area contributed by atoms with Gasteiger partial charge in [0, 0.05) is 18.0 Å². The third kappa shape index (κ3) is 11.0. The number of hydrogen-bond donors (Lipinski definition) is 0. The summed E-state index contributed by atoms with van der Waals surface area (Å²) in [7, 11) is 0. The second-order valence-electron chi connectivity index (χ2n) is 14.6. The molecule has 2 saturated carbocycles. The topological polar surface area (TPSA) is 49.6 Å². The summed E-state index contributed by atoms with van der Waals surface area (Å²) in [5, 5.41) is 10.0. The zero-order valence-corrected chi connectivity index (χ0v) is 28.5. The molecule has 0 atom stereocenters. The van der Waals surface area contributed by atoms with Crippen LogP contribution in [0.2, 0.25) is 0 Å². The third-order valence-corrected chi connectivity index (χ3v) is 11.3. The van der Waals surface area contributed by atoms with E-state index in [9.17, 15) is 5.26 Å². The van der Waals surface area contributed by atoms with E-state index in [1.807, 2.05) is 0 Å². The van der Waals surface area contributed by atoms with Crippen LogP contribution in [0, 0.1) is 22.7 Å². The Balaban J connectivity index is 1.16. The Hall–Kier alpha value is -2.21. The summed E-state index contributed by atoms with van der Waals surface area (Å²) in [4.78, 5) is 9.63. The molecule has 2 aliphatic carbocycles. The summed E-state index contributed by atoms with van der Waals surface area (Å²) >= 11 is 0. The van der Waals surface area contributed by atoms with Gasteiger partial charge in [-0.15, -0.1) is 0 Å². The van der Waals surface area contributed by atoms with Gasteiger partial charge < -0.3 is 0 Å². The van der Waals surface area contributed by atoms with Gasteiger partial charge >= 0.3 is 0 Å². The lowest BCUT2D eigenvalue weighted by Crippen LogP contribution is -2.25. The highest BCUT2D eigenvalue weighted by molar-refractivity contribution is 5.55. The SMILES string of the molecule is CCCCCCCCCC[C@H]1CC[C@H](c2cnc(-c3ccc([C@H]4CC[C@@](C#N)(CCCCCCCC)CC4)cc3)nc2)CC1. The van der Waals surface area contributed by atoms with E-state index in [-0.39, 0.29) is 5.41 Å². The van der Waals surface area contributed by atoms with Crippen molar-refractivity contribution in [3.8, 4) is 17.5 Å². The Bertz CT molecular complexity index is 1070. The average Bonchev–Trinajstić information content (AvgIpc) is 3.08. The van der Waals surface area contributed by atoms with Crippen LogP contribution in [0.1, 0.15) is 191 Å². The van der Waals surface area contributed by atoms with Crippen molar-refractivity contribution in [2.45, 2.75) is 180 Å². The predicted octanol–water partition coefficient (Wildman–Crippen LogP) is 12.9. The molecular weight excluding hydrogens is 534 g/mol. The third-order valence-electron chi connectivity index (χ3n) is 11.3. The number of nitriles is 1. The van der Waals surface area contributed by atoms with E-state index in [0.29, 0.717) is 11.8 Å². The highest BCUT2D eigenvalue weighted by Gasteiger charge is 2.35. The highest BCUT2D eigenvalue weighted by atomic mass is 14.9. The molecule has 0 radical (unpaired) electrons. The number of unbranched alkanes of at least 4 members (excludes halogenated alkanes) is 12. The van der Waals surface area contributed by atoms with Crippen LogP contribution in [-0.2, 0) is 0 Å². The average molecular weight is 598 g/mol. The molecule has 242 valence electrons. The molecule has 2 aromatic rings. The normalized spacial score (nSPS) is 23.8. The van der Waals surface area contributed by atoms with Gasteiger partial charge in [0.05, 0.1) is 11.5 Å². The lowest BCUT2D eigenvalue weighted by Gasteiger charge is -2.35. The van der Waals surface area contributed by atoms with Crippen LogP contribution in [0.4, 0.5) is 0 Å². The van der Waals surface area contributed by atoms with Crippen LogP contribution in [0.15, 0.2) is 36.7 Å². The first kappa shape index (κ1) is 34.7. The Morgan fingerprint density at radius 3 is 1.73 bits per heavy atom. The lowest BCUT2D eigenvalue weighted by molar-refractivity contribution is 0.223. The Labute approximate surface area is 271 Å². The largest absolute Gasteiger partial charge is 0.236 e. The van der Waals surface area contributed by atoms with E-state index in [1.165, 1.54) is 133 Å². The fourth-order valence-electron chi connectivity index (χ4n) is 8.12. The fraction of sp³-hybridized carbons (Fsp3) is 0.732. The molecule has 0 amide bonds. The summed E-state index contributed by atoms with van der Waals surface area (Å²) in [6, 6.07) is 11.8. The summed E-state index contributed by atoms with van der Waals surface area (Å²) < 4.78 is 0. The summed E-state index contributed by atoms with van der Waals surface area (Å²) in [6.07, 6.45) is 35.7. The minimum absolute atomic E-state index is 0.0801. The van der Waals surface area contributed by atoms with Crippen molar-refractivity contribution in [2.75, 3.05) is 0 Å². The summed E-state index contributed by atoms with van der Waals surface area (Å²) in [5.74, 6) is 2.98. The van der Waals surface area contributed by atoms with Crippen molar-refractivity contribution in [3.05, 3.63) is 47.8 Å². The van der Waals surface area contributed by atoms with Crippen LogP contribution in [0.5, 0.6) is 0 Å². The molecule has 0 bridgehead atoms. The molecule has 3 heteroatoms. The van der Waals surface area contributed by atoms with E-state index >= 15 is 0 Å². The van der Waals surface area contributed by atoms with Crippen molar-refractivity contribution in [1.29, 1.82) is 5.26 Å². The predicted molar refractivity (Wildman–Crippen MR) is 187 cm³/mol. The van der Waals surface area contributed by atoms with Crippen LogP contribution in [-0.4, -0.2) is 9.97 Å². The van der Waals surface area contributed by atoms with Gasteiger partial charge in [-0.25, -0.2) is 9.97 Å². The molecule has 0 N–H and O–H groups in total. The molecule has 4 rings (SSSR count). The highest BCUT2D eigenvalue weighted by Crippen LogP contribution is 2.46. The molecule has 1 heterocycles. The molecule has 1 aromatic carbocycles. The number of rotatable bonds is 19. The second kappa shape index (κ2) is 19.3. The van der Waals surface area contributed by atoms with Gasteiger partial charge in [0.25, 0.3) is 0 Å². The summed E-state index contributed by atoms with van der Waals surface area (Å²) in [5.41, 5.74) is 3.78. The molecular formula is C41H63N3. The van der Waals surface area contributed by atoms with E-state index in [1.54, 1.807) is 0 Å². The molecule has 0 aliphatic heterocycles. The van der Waals surface area contributed by atoms with Crippen LogP contribution >= 0.6 is 0 Å². The Morgan fingerprint density at radius 1 is 0.636 bits per heavy atom. The maximum Gasteiger partial charge on any atom is 0.159 e. The van der Waals surface area contributed by atoms with Gasteiger partial charge in [0.2, 0.25) is 0 Å². The van der Waals surface area contributed by atoms with E-state index in [4.69, 9.17) is 9.97 Å². The number of aromatic nitrogens is 2. The Kier molecular flexibility index (Phi) is 15.2. The van der Waals surface area contributed by atoms with E-state index in [2.05, 4.69) is 56.6 Å². The van der Waals surface area contributed by atoms with Crippen molar-refractivity contribution in [2.24, 2.45) is 11.3 Å². The van der Waals surface area contributed by atoms with Gasteiger partial charge in [0.15, 0.2) is 5.82 Å². The van der Waals surface area contributed by atoms with Gasteiger partial charge in [-0.2, -0.15) is 5.26 Å². The molecule has 0 spiro atoms. The van der Waals surface area contributed by atoms with Gasteiger partial charge in [-0.05, 0) is 86.7 Å². The smallest absolute Gasteiger partial charge is 0.159 e. The number of nitrogens with zero attached hydrogens (tertiary/aromatic N) is 3. The first-order chi connectivity index (χ1) is 21.7. The van der Waals surface area contributed by atoms with Crippen molar-refractivity contribution in [3.63, 3.8) is 0 Å². The lowest BCUT2D eigenvalue weighted by atomic mass is 9.67. The maximum atomic E-state index is 10.0.